The van der Waals surface area contributed by atoms with E-state index in [1.165, 1.54) is 225 Å². The van der Waals surface area contributed by atoms with Crippen LogP contribution in [0, 0.1) is 5.41 Å². The van der Waals surface area contributed by atoms with Crippen LogP contribution in [0.5, 0.6) is 0 Å². The standard InChI is InChI=1S/C44H86N/c1-5-7-9-11-13-15-17-19-21-23-25-27-29-31-33-35-38-44(40-37-41-45(42-44)43(3)4)39-36-34-32-30-28-26-24-22-20-18-16-14-12-10-8-6-2/h37,40-41,43H,5-36,38-39,42H2,1-4H3/q+1. The van der Waals surface area contributed by atoms with Crippen molar-refractivity contribution in [1.82, 2.24) is 0 Å². The second kappa shape index (κ2) is 32.0. The van der Waals surface area contributed by atoms with Crippen molar-refractivity contribution in [2.75, 3.05) is 6.54 Å². The summed E-state index contributed by atoms with van der Waals surface area (Å²) in [5.41, 5.74) is 0.422. The third-order valence-corrected chi connectivity index (χ3v) is 10.9. The molecule has 1 aliphatic heterocycles. The van der Waals surface area contributed by atoms with Gasteiger partial charge in [0.25, 0.3) is 0 Å². The highest BCUT2D eigenvalue weighted by atomic mass is 15.0. The summed E-state index contributed by atoms with van der Waals surface area (Å²) in [5.74, 6) is 0. The van der Waals surface area contributed by atoms with E-state index < -0.39 is 0 Å². The molecule has 1 aliphatic rings. The Bertz CT molecular complexity index is 622. The molecule has 0 unspecified atom stereocenters. The van der Waals surface area contributed by atoms with Crippen molar-refractivity contribution in [3.63, 3.8) is 0 Å². The first-order chi connectivity index (χ1) is 22.1. The molecule has 1 heterocycles. The SMILES string of the molecule is CCCCCCCCCCCCCCCCCCC1(CCCCCCCCCCCCCCCCCC)C=CC=[N+](C(C)C)C1. The summed E-state index contributed by atoms with van der Waals surface area (Å²) in [6.07, 6.45) is 56.8. The van der Waals surface area contributed by atoms with Crippen LogP contribution in [-0.4, -0.2) is 23.4 Å². The number of unbranched alkanes of at least 4 members (excludes halogenated alkanes) is 30. The highest BCUT2D eigenvalue weighted by molar-refractivity contribution is 5.67. The van der Waals surface area contributed by atoms with Gasteiger partial charge in [-0.15, -0.1) is 0 Å². The highest BCUT2D eigenvalue weighted by Crippen LogP contribution is 2.35. The lowest BCUT2D eigenvalue weighted by Gasteiger charge is -2.31. The zero-order valence-electron chi connectivity index (χ0n) is 32.0. The summed E-state index contributed by atoms with van der Waals surface area (Å²) < 4.78 is 2.61. The van der Waals surface area contributed by atoms with Crippen molar-refractivity contribution in [3.8, 4) is 0 Å². The summed E-state index contributed by atoms with van der Waals surface area (Å²) in [4.78, 5) is 0. The Hall–Kier alpha value is -0.590. The van der Waals surface area contributed by atoms with E-state index >= 15 is 0 Å². The van der Waals surface area contributed by atoms with Gasteiger partial charge in [0.2, 0.25) is 0 Å². The maximum absolute atomic E-state index is 2.61. The van der Waals surface area contributed by atoms with Crippen LogP contribution in [0.25, 0.3) is 0 Å². The minimum absolute atomic E-state index is 0.422. The van der Waals surface area contributed by atoms with E-state index in [0.29, 0.717) is 11.5 Å². The van der Waals surface area contributed by atoms with E-state index in [0.717, 1.165) is 0 Å². The number of rotatable bonds is 35. The molecule has 0 amide bonds. The molecular formula is C44H86N+. The third-order valence-electron chi connectivity index (χ3n) is 10.9. The first kappa shape index (κ1) is 42.4. The van der Waals surface area contributed by atoms with Gasteiger partial charge in [-0.2, -0.15) is 0 Å². The van der Waals surface area contributed by atoms with Gasteiger partial charge < -0.3 is 0 Å². The number of allylic oxidation sites excluding steroid dienone is 1. The van der Waals surface area contributed by atoms with E-state index in [-0.39, 0.29) is 0 Å². The summed E-state index contributed by atoms with van der Waals surface area (Å²) in [7, 11) is 0. The smallest absolute Gasteiger partial charge is 0.163 e. The van der Waals surface area contributed by atoms with E-state index in [1.54, 1.807) is 0 Å². The van der Waals surface area contributed by atoms with Crippen LogP contribution in [0.1, 0.15) is 246 Å². The summed E-state index contributed by atoms with van der Waals surface area (Å²) in [6, 6.07) is 0.617. The molecule has 0 aliphatic carbocycles. The molecule has 1 nitrogen and oxygen atoms in total. The van der Waals surface area contributed by atoms with Crippen molar-refractivity contribution in [2.24, 2.45) is 5.41 Å². The molecule has 0 saturated carbocycles. The van der Waals surface area contributed by atoms with Gasteiger partial charge in [-0.3, -0.25) is 0 Å². The van der Waals surface area contributed by atoms with Crippen LogP contribution in [0.3, 0.4) is 0 Å². The Labute approximate surface area is 286 Å². The van der Waals surface area contributed by atoms with Crippen LogP contribution in [0.4, 0.5) is 0 Å². The molecule has 0 fully saturated rings. The predicted molar refractivity (Wildman–Crippen MR) is 206 cm³/mol. The largest absolute Gasteiger partial charge is 0.233 e. The topological polar surface area (TPSA) is 3.01 Å². The second-order valence-electron chi connectivity index (χ2n) is 15.7. The van der Waals surface area contributed by atoms with Crippen molar-refractivity contribution in [1.29, 1.82) is 0 Å². The first-order valence-electron chi connectivity index (χ1n) is 21.4. The lowest BCUT2D eigenvalue weighted by molar-refractivity contribution is -0.567. The van der Waals surface area contributed by atoms with Gasteiger partial charge in [-0.1, -0.05) is 225 Å². The van der Waals surface area contributed by atoms with E-state index in [4.69, 9.17) is 0 Å². The van der Waals surface area contributed by atoms with Crippen LogP contribution in [-0.2, 0) is 0 Å². The minimum Gasteiger partial charge on any atom is -0.233 e. The third kappa shape index (κ3) is 26.1. The lowest BCUT2D eigenvalue weighted by Crippen LogP contribution is -2.37. The molecule has 45 heavy (non-hydrogen) atoms. The van der Waals surface area contributed by atoms with Gasteiger partial charge >= 0.3 is 0 Å². The Balaban J connectivity index is 2.07. The number of nitrogens with zero attached hydrogens (tertiary/aromatic N) is 1. The quantitative estimate of drug-likeness (QED) is 0.0485. The van der Waals surface area contributed by atoms with Crippen LogP contribution in [0.2, 0.25) is 0 Å². The Morgan fingerprint density at radius 2 is 0.689 bits per heavy atom. The molecule has 0 aromatic heterocycles. The summed E-state index contributed by atoms with van der Waals surface area (Å²) >= 11 is 0. The zero-order valence-corrected chi connectivity index (χ0v) is 32.0. The molecule has 0 saturated heterocycles. The monoisotopic (exact) mass is 629 g/mol. The molecule has 0 aromatic rings. The highest BCUT2D eigenvalue weighted by Gasteiger charge is 2.34. The number of hydrogen-bond acceptors (Lipinski definition) is 0. The van der Waals surface area contributed by atoms with Gasteiger partial charge in [0.05, 0.1) is 0 Å². The molecule has 1 heteroatoms. The van der Waals surface area contributed by atoms with Gasteiger partial charge in [-0.05, 0) is 32.8 Å². The average Bonchev–Trinajstić information content (AvgIpc) is 3.04. The molecule has 266 valence electrons. The van der Waals surface area contributed by atoms with Crippen molar-refractivity contribution < 1.29 is 4.58 Å². The van der Waals surface area contributed by atoms with Crippen LogP contribution >= 0.6 is 0 Å². The van der Waals surface area contributed by atoms with E-state index in [9.17, 15) is 0 Å². The summed E-state index contributed by atoms with van der Waals surface area (Å²) in [5, 5.41) is 0. The van der Waals surface area contributed by atoms with Crippen molar-refractivity contribution >= 4 is 6.21 Å². The van der Waals surface area contributed by atoms with E-state index in [2.05, 4.69) is 50.6 Å². The van der Waals surface area contributed by atoms with Crippen LogP contribution in [0.15, 0.2) is 12.2 Å². The molecule has 0 atom stereocenters. The molecule has 1 rings (SSSR count). The zero-order chi connectivity index (χ0) is 32.5. The normalized spacial score (nSPS) is 14.5. The van der Waals surface area contributed by atoms with Gasteiger partial charge in [0.1, 0.15) is 6.04 Å². The Morgan fingerprint density at radius 1 is 0.422 bits per heavy atom. The molecular weight excluding hydrogens is 542 g/mol. The van der Waals surface area contributed by atoms with Crippen molar-refractivity contribution in [3.05, 3.63) is 12.2 Å². The fourth-order valence-electron chi connectivity index (χ4n) is 7.68. The van der Waals surface area contributed by atoms with E-state index in [1.807, 2.05) is 0 Å². The van der Waals surface area contributed by atoms with Gasteiger partial charge in [0, 0.05) is 5.41 Å². The minimum atomic E-state index is 0.422. The van der Waals surface area contributed by atoms with Crippen molar-refractivity contribution in [2.45, 2.75) is 252 Å². The maximum Gasteiger partial charge on any atom is 0.163 e. The average molecular weight is 629 g/mol. The molecule has 0 bridgehead atoms. The lowest BCUT2D eigenvalue weighted by atomic mass is 9.76. The second-order valence-corrected chi connectivity index (χ2v) is 15.7. The fraction of sp³-hybridized carbons (Fsp3) is 0.932. The van der Waals surface area contributed by atoms with Gasteiger partial charge in [0.15, 0.2) is 12.8 Å². The molecule has 0 spiro atoms. The molecule has 0 N–H and O–H groups in total. The predicted octanol–water partition coefficient (Wildman–Crippen LogP) is 15.3. The first-order valence-corrected chi connectivity index (χ1v) is 21.4. The number of hydrogen-bond donors (Lipinski definition) is 0. The maximum atomic E-state index is 2.61. The molecule has 0 radical (unpaired) electrons. The Kier molecular flexibility index (Phi) is 30.2. The summed E-state index contributed by atoms with van der Waals surface area (Å²) in [6.45, 7) is 10.6. The van der Waals surface area contributed by atoms with Crippen LogP contribution < -0.4 is 0 Å². The fourth-order valence-corrected chi connectivity index (χ4v) is 7.68. The molecule has 0 aromatic carbocycles. The Morgan fingerprint density at radius 3 is 0.956 bits per heavy atom. The van der Waals surface area contributed by atoms with Gasteiger partial charge in [-0.25, -0.2) is 4.58 Å².